The highest BCUT2D eigenvalue weighted by atomic mass is 16.7. The molecule has 0 aliphatic heterocycles. The monoisotopic (exact) mass is 298 g/mol. The number of carbonyl (C=O) groups is 2. The first kappa shape index (κ1) is 13.7. The van der Waals surface area contributed by atoms with Crippen molar-refractivity contribution >= 4 is 33.9 Å². The summed E-state index contributed by atoms with van der Waals surface area (Å²) in [4.78, 5) is 21.1. The summed E-state index contributed by atoms with van der Waals surface area (Å²) in [5.41, 5.74) is 0. The molecule has 0 saturated carbocycles. The molecule has 3 rings (SSSR count). The van der Waals surface area contributed by atoms with E-state index in [1.54, 1.807) is 36.4 Å². The third-order valence-corrected chi connectivity index (χ3v) is 3.15. The van der Waals surface area contributed by atoms with Crippen LogP contribution in [0.2, 0.25) is 0 Å². The number of hydrogen-bond donors (Lipinski definition) is 2. The molecule has 110 valence electrons. The van der Waals surface area contributed by atoms with Gasteiger partial charge in [-0.3, -0.25) is 0 Å². The zero-order valence-electron chi connectivity index (χ0n) is 11.1. The molecule has 0 aliphatic carbocycles. The second-order valence-corrected chi connectivity index (χ2v) is 4.61. The van der Waals surface area contributed by atoms with Gasteiger partial charge < -0.3 is 19.7 Å². The lowest BCUT2D eigenvalue weighted by atomic mass is 10.0. The summed E-state index contributed by atoms with van der Waals surface area (Å²) in [6, 6.07) is 13.6. The van der Waals surface area contributed by atoms with Crippen molar-refractivity contribution in [1.29, 1.82) is 0 Å². The molecule has 22 heavy (non-hydrogen) atoms. The normalized spacial score (nSPS) is 10.5. The molecule has 2 N–H and O–H groups in total. The van der Waals surface area contributed by atoms with Gasteiger partial charge in [-0.05, 0) is 57.9 Å². The smallest absolute Gasteiger partial charge is 0.449 e. The Morgan fingerprint density at radius 3 is 1.41 bits per heavy atom. The molecule has 0 spiro atoms. The molecular weight excluding hydrogens is 288 g/mol. The number of ether oxygens (including phenoxy) is 2. The van der Waals surface area contributed by atoms with Crippen LogP contribution in [0.1, 0.15) is 0 Å². The van der Waals surface area contributed by atoms with Crippen molar-refractivity contribution in [2.24, 2.45) is 0 Å². The quantitative estimate of drug-likeness (QED) is 0.420. The van der Waals surface area contributed by atoms with E-state index in [0.717, 1.165) is 21.5 Å². The second kappa shape index (κ2) is 5.25. The van der Waals surface area contributed by atoms with E-state index in [2.05, 4.69) is 9.47 Å². The number of hydrogen-bond acceptors (Lipinski definition) is 4. The SMILES string of the molecule is O=C(O)Oc1ccc2cc3cc(OC(=O)O)ccc3cc2c1. The van der Waals surface area contributed by atoms with E-state index in [-0.39, 0.29) is 11.5 Å². The van der Waals surface area contributed by atoms with Crippen LogP contribution in [-0.4, -0.2) is 22.5 Å². The van der Waals surface area contributed by atoms with E-state index in [4.69, 9.17) is 10.2 Å². The molecule has 0 radical (unpaired) electrons. The maximum Gasteiger partial charge on any atom is 0.511 e. The standard InChI is InChI=1S/C16H10O6/c17-15(18)21-13-3-1-9-5-12-8-14(22-16(19)20)4-2-10(12)6-11(9)7-13/h1-8H,(H,17,18)(H,19,20). The summed E-state index contributed by atoms with van der Waals surface area (Å²) in [6.45, 7) is 0. The molecule has 0 aromatic heterocycles. The van der Waals surface area contributed by atoms with Crippen LogP contribution in [-0.2, 0) is 0 Å². The summed E-state index contributed by atoms with van der Waals surface area (Å²) < 4.78 is 9.26. The summed E-state index contributed by atoms with van der Waals surface area (Å²) >= 11 is 0. The molecule has 3 aromatic rings. The van der Waals surface area contributed by atoms with E-state index in [1.165, 1.54) is 0 Å². The Morgan fingerprint density at radius 2 is 1.05 bits per heavy atom. The fourth-order valence-electron chi connectivity index (χ4n) is 2.28. The predicted molar refractivity (Wildman–Crippen MR) is 78.8 cm³/mol. The molecule has 0 aliphatic rings. The van der Waals surface area contributed by atoms with Gasteiger partial charge in [0.2, 0.25) is 0 Å². The summed E-state index contributed by atoms with van der Waals surface area (Å²) in [5, 5.41) is 20.6. The Kier molecular flexibility index (Phi) is 3.27. The largest absolute Gasteiger partial charge is 0.511 e. The molecular formula is C16H10O6. The Bertz CT molecular complexity index is 824. The van der Waals surface area contributed by atoms with Gasteiger partial charge in [0.1, 0.15) is 11.5 Å². The van der Waals surface area contributed by atoms with Crippen LogP contribution in [0.4, 0.5) is 9.59 Å². The number of rotatable bonds is 2. The molecule has 3 aromatic carbocycles. The van der Waals surface area contributed by atoms with Crippen LogP contribution in [0.3, 0.4) is 0 Å². The van der Waals surface area contributed by atoms with Crippen LogP contribution < -0.4 is 9.47 Å². The van der Waals surface area contributed by atoms with Gasteiger partial charge in [0.05, 0.1) is 0 Å². The van der Waals surface area contributed by atoms with Crippen molar-refractivity contribution in [3.8, 4) is 11.5 Å². The fraction of sp³-hybridized carbons (Fsp3) is 0. The first-order chi connectivity index (χ1) is 10.5. The molecule has 0 amide bonds. The molecule has 0 fully saturated rings. The highest BCUT2D eigenvalue weighted by molar-refractivity contribution is 5.99. The molecule has 0 atom stereocenters. The van der Waals surface area contributed by atoms with E-state index < -0.39 is 12.3 Å². The first-order valence-corrected chi connectivity index (χ1v) is 6.30. The predicted octanol–water partition coefficient (Wildman–Crippen LogP) is 4.11. The summed E-state index contributed by atoms with van der Waals surface area (Å²) in [6.07, 6.45) is -2.73. The summed E-state index contributed by atoms with van der Waals surface area (Å²) in [5.74, 6) is 0.482. The Hall–Kier alpha value is -3.28. The Labute approximate surface area is 124 Å². The number of carboxylic acid groups (broad SMARTS) is 2. The molecule has 0 unspecified atom stereocenters. The lowest BCUT2D eigenvalue weighted by Gasteiger charge is -2.06. The Balaban J connectivity index is 2.08. The van der Waals surface area contributed by atoms with Crippen LogP contribution in [0.5, 0.6) is 11.5 Å². The number of fused-ring (bicyclic) bond motifs is 2. The van der Waals surface area contributed by atoms with Crippen molar-refractivity contribution in [2.45, 2.75) is 0 Å². The lowest BCUT2D eigenvalue weighted by Crippen LogP contribution is -2.02. The average molecular weight is 298 g/mol. The van der Waals surface area contributed by atoms with Crippen molar-refractivity contribution < 1.29 is 29.3 Å². The van der Waals surface area contributed by atoms with Crippen molar-refractivity contribution in [2.75, 3.05) is 0 Å². The van der Waals surface area contributed by atoms with Gasteiger partial charge >= 0.3 is 12.3 Å². The first-order valence-electron chi connectivity index (χ1n) is 6.30. The maximum atomic E-state index is 10.6. The zero-order valence-corrected chi connectivity index (χ0v) is 11.1. The maximum absolute atomic E-state index is 10.6. The fourth-order valence-corrected chi connectivity index (χ4v) is 2.28. The van der Waals surface area contributed by atoms with E-state index in [1.807, 2.05) is 12.1 Å². The average Bonchev–Trinajstić information content (AvgIpc) is 2.44. The van der Waals surface area contributed by atoms with Crippen molar-refractivity contribution in [3.05, 3.63) is 48.5 Å². The second-order valence-electron chi connectivity index (χ2n) is 4.61. The third kappa shape index (κ3) is 2.76. The van der Waals surface area contributed by atoms with Gasteiger partial charge in [0.15, 0.2) is 0 Å². The molecule has 6 heteroatoms. The van der Waals surface area contributed by atoms with E-state index in [0.29, 0.717) is 0 Å². The minimum absolute atomic E-state index is 0.241. The van der Waals surface area contributed by atoms with Crippen molar-refractivity contribution in [3.63, 3.8) is 0 Å². The minimum atomic E-state index is -1.37. The topological polar surface area (TPSA) is 93.1 Å². The lowest BCUT2D eigenvalue weighted by molar-refractivity contribution is 0.143. The number of benzene rings is 3. The van der Waals surface area contributed by atoms with Gasteiger partial charge in [0.25, 0.3) is 0 Å². The summed E-state index contributed by atoms with van der Waals surface area (Å²) in [7, 11) is 0. The highest BCUT2D eigenvalue weighted by Crippen LogP contribution is 2.28. The molecule has 0 saturated heterocycles. The highest BCUT2D eigenvalue weighted by Gasteiger charge is 2.06. The van der Waals surface area contributed by atoms with Gasteiger partial charge in [-0.25, -0.2) is 9.59 Å². The van der Waals surface area contributed by atoms with Gasteiger partial charge in [-0.15, -0.1) is 0 Å². The molecule has 0 bridgehead atoms. The zero-order chi connectivity index (χ0) is 15.7. The third-order valence-electron chi connectivity index (χ3n) is 3.15. The molecule has 6 nitrogen and oxygen atoms in total. The van der Waals surface area contributed by atoms with Gasteiger partial charge in [0, 0.05) is 0 Å². The Morgan fingerprint density at radius 1 is 0.636 bits per heavy atom. The molecule has 0 heterocycles. The van der Waals surface area contributed by atoms with E-state index >= 15 is 0 Å². The van der Waals surface area contributed by atoms with Crippen LogP contribution >= 0.6 is 0 Å². The van der Waals surface area contributed by atoms with Gasteiger partial charge in [-0.2, -0.15) is 0 Å². The van der Waals surface area contributed by atoms with Crippen molar-refractivity contribution in [1.82, 2.24) is 0 Å². The van der Waals surface area contributed by atoms with E-state index in [9.17, 15) is 9.59 Å². The van der Waals surface area contributed by atoms with Crippen LogP contribution in [0, 0.1) is 0 Å². The van der Waals surface area contributed by atoms with Crippen LogP contribution in [0.15, 0.2) is 48.5 Å². The van der Waals surface area contributed by atoms with Crippen LogP contribution in [0.25, 0.3) is 21.5 Å². The minimum Gasteiger partial charge on any atom is -0.449 e. The van der Waals surface area contributed by atoms with Gasteiger partial charge in [-0.1, -0.05) is 12.1 Å².